The Labute approximate surface area is 173 Å². The summed E-state index contributed by atoms with van der Waals surface area (Å²) in [5.74, 6) is -0.0368. The van der Waals surface area contributed by atoms with E-state index in [4.69, 9.17) is 4.74 Å². The van der Waals surface area contributed by atoms with Gasteiger partial charge in [-0.15, -0.1) is 13.2 Å². The molecule has 0 aliphatic rings. The molecule has 0 aliphatic heterocycles. The van der Waals surface area contributed by atoms with Gasteiger partial charge in [0.1, 0.15) is 17.3 Å². The number of rotatable bonds is 8. The Morgan fingerprint density at radius 2 is 1.33 bits per heavy atom. The monoisotopic (exact) mass is 418 g/mol. The van der Waals surface area contributed by atoms with Gasteiger partial charge in [0.15, 0.2) is 0 Å². The molecule has 0 heterocycles. The van der Waals surface area contributed by atoms with Crippen molar-refractivity contribution in [2.75, 3.05) is 6.61 Å². The van der Waals surface area contributed by atoms with Crippen LogP contribution in [0.4, 0.5) is 17.6 Å². The van der Waals surface area contributed by atoms with Gasteiger partial charge in [-0.2, -0.15) is 0 Å². The third kappa shape index (κ3) is 5.99. The number of benzene rings is 3. The normalized spacial score (nSPS) is 11.4. The molecule has 0 bridgehead atoms. The molecule has 0 fully saturated rings. The first-order chi connectivity index (χ1) is 14.4. The number of alkyl halides is 3. The molecule has 2 nitrogen and oxygen atoms in total. The summed E-state index contributed by atoms with van der Waals surface area (Å²) in [4.78, 5) is 0. The molecule has 0 N–H and O–H groups in total. The van der Waals surface area contributed by atoms with Gasteiger partial charge in [-0.25, -0.2) is 4.39 Å². The molecular formula is C24H22F4O2. The Balaban J connectivity index is 1.70. The highest BCUT2D eigenvalue weighted by Crippen LogP contribution is 2.31. The van der Waals surface area contributed by atoms with E-state index in [-0.39, 0.29) is 5.75 Å². The summed E-state index contributed by atoms with van der Waals surface area (Å²) < 4.78 is 61.0. The fourth-order valence-electron chi connectivity index (χ4n) is 3.05. The van der Waals surface area contributed by atoms with Crippen molar-refractivity contribution in [1.29, 1.82) is 0 Å². The van der Waals surface area contributed by atoms with E-state index in [0.29, 0.717) is 23.3 Å². The van der Waals surface area contributed by atoms with Crippen LogP contribution in [-0.2, 0) is 0 Å². The molecule has 0 aromatic heterocycles. The average molecular weight is 418 g/mol. The van der Waals surface area contributed by atoms with Crippen molar-refractivity contribution in [3.05, 3.63) is 72.5 Å². The summed E-state index contributed by atoms with van der Waals surface area (Å²) in [6.45, 7) is 2.81. The van der Waals surface area contributed by atoms with E-state index in [9.17, 15) is 17.6 Å². The smallest absolute Gasteiger partial charge is 0.494 e. The third-order valence-electron chi connectivity index (χ3n) is 4.57. The summed E-state index contributed by atoms with van der Waals surface area (Å²) >= 11 is 0. The number of halogens is 4. The van der Waals surface area contributed by atoms with Crippen LogP contribution in [0.5, 0.6) is 11.5 Å². The molecule has 0 radical (unpaired) electrons. The SMILES string of the molecule is CCCCCOc1ccc(-c2ccc(-c3ccc(OC(F)(F)F)cc3)c(F)c2)cc1. The first kappa shape index (κ1) is 21.7. The van der Waals surface area contributed by atoms with Crippen LogP contribution < -0.4 is 9.47 Å². The molecule has 3 rings (SSSR count). The Morgan fingerprint density at radius 1 is 0.733 bits per heavy atom. The topological polar surface area (TPSA) is 18.5 Å². The van der Waals surface area contributed by atoms with Crippen LogP contribution >= 0.6 is 0 Å². The first-order valence-corrected chi connectivity index (χ1v) is 9.74. The highest BCUT2D eigenvalue weighted by Gasteiger charge is 2.31. The second kappa shape index (κ2) is 9.65. The van der Waals surface area contributed by atoms with Crippen molar-refractivity contribution in [1.82, 2.24) is 0 Å². The lowest BCUT2D eigenvalue weighted by molar-refractivity contribution is -0.274. The van der Waals surface area contributed by atoms with E-state index in [1.54, 1.807) is 12.1 Å². The van der Waals surface area contributed by atoms with E-state index < -0.39 is 12.2 Å². The third-order valence-corrected chi connectivity index (χ3v) is 4.57. The molecule has 0 spiro atoms. The molecule has 30 heavy (non-hydrogen) atoms. The lowest BCUT2D eigenvalue weighted by atomic mass is 9.99. The molecule has 158 valence electrons. The average Bonchev–Trinajstić information content (AvgIpc) is 2.71. The minimum atomic E-state index is -4.76. The molecular weight excluding hydrogens is 396 g/mol. The molecule has 0 aliphatic carbocycles. The number of hydrogen-bond acceptors (Lipinski definition) is 2. The fourth-order valence-corrected chi connectivity index (χ4v) is 3.05. The van der Waals surface area contributed by atoms with E-state index in [1.165, 1.54) is 18.2 Å². The zero-order valence-corrected chi connectivity index (χ0v) is 16.5. The minimum absolute atomic E-state index is 0.299. The van der Waals surface area contributed by atoms with Crippen molar-refractivity contribution in [3.63, 3.8) is 0 Å². The molecule has 0 unspecified atom stereocenters. The van der Waals surface area contributed by atoms with E-state index in [2.05, 4.69) is 11.7 Å². The van der Waals surface area contributed by atoms with E-state index >= 15 is 0 Å². The maximum Gasteiger partial charge on any atom is 0.573 e. The minimum Gasteiger partial charge on any atom is -0.494 e. The van der Waals surface area contributed by atoms with Crippen LogP contribution in [0.2, 0.25) is 0 Å². The predicted molar refractivity (Wildman–Crippen MR) is 109 cm³/mol. The second-order valence-corrected chi connectivity index (χ2v) is 6.85. The van der Waals surface area contributed by atoms with Crippen molar-refractivity contribution in [2.45, 2.75) is 32.5 Å². The van der Waals surface area contributed by atoms with Gasteiger partial charge >= 0.3 is 6.36 Å². The lowest BCUT2D eigenvalue weighted by Crippen LogP contribution is -2.16. The quantitative estimate of drug-likeness (QED) is 0.277. The Hall–Kier alpha value is -3.02. The van der Waals surface area contributed by atoms with Gasteiger partial charge in [-0.3, -0.25) is 0 Å². The van der Waals surface area contributed by atoms with Gasteiger partial charge in [0.2, 0.25) is 0 Å². The summed E-state index contributed by atoms with van der Waals surface area (Å²) in [6.07, 6.45) is -1.49. The van der Waals surface area contributed by atoms with Gasteiger partial charge in [0.25, 0.3) is 0 Å². The van der Waals surface area contributed by atoms with Gasteiger partial charge in [0, 0.05) is 5.56 Å². The maximum atomic E-state index is 14.7. The van der Waals surface area contributed by atoms with Gasteiger partial charge in [-0.1, -0.05) is 56.2 Å². The standard InChI is InChI=1S/C24H22F4O2/c1-2-3-4-15-29-20-10-5-17(6-11-20)19-9-14-22(23(25)16-19)18-7-12-21(13-8-18)30-24(26,27)28/h5-14,16H,2-4,15H2,1H3. The summed E-state index contributed by atoms with van der Waals surface area (Å²) in [5.41, 5.74) is 2.30. The number of unbranched alkanes of at least 4 members (excludes halogenated alkanes) is 2. The molecule has 3 aromatic carbocycles. The van der Waals surface area contributed by atoms with Crippen molar-refractivity contribution in [3.8, 4) is 33.8 Å². The molecule has 6 heteroatoms. The fraction of sp³-hybridized carbons (Fsp3) is 0.250. The number of ether oxygens (including phenoxy) is 2. The van der Waals surface area contributed by atoms with Gasteiger partial charge in [-0.05, 0) is 53.4 Å². The molecule has 0 saturated heterocycles. The lowest BCUT2D eigenvalue weighted by Gasteiger charge is -2.11. The van der Waals surface area contributed by atoms with Crippen LogP contribution in [0.25, 0.3) is 22.3 Å². The van der Waals surface area contributed by atoms with Gasteiger partial charge < -0.3 is 9.47 Å². The van der Waals surface area contributed by atoms with Crippen molar-refractivity contribution >= 4 is 0 Å². The van der Waals surface area contributed by atoms with Crippen LogP contribution in [0.3, 0.4) is 0 Å². The summed E-state index contributed by atoms with van der Waals surface area (Å²) in [6, 6.07) is 17.3. The van der Waals surface area contributed by atoms with E-state index in [1.807, 2.05) is 24.3 Å². The zero-order chi connectivity index (χ0) is 21.6. The largest absolute Gasteiger partial charge is 0.573 e. The molecule has 0 amide bonds. The Kier molecular flexibility index (Phi) is 6.98. The van der Waals surface area contributed by atoms with Crippen LogP contribution in [0.1, 0.15) is 26.2 Å². The molecule has 0 atom stereocenters. The van der Waals surface area contributed by atoms with Crippen LogP contribution in [0, 0.1) is 5.82 Å². The second-order valence-electron chi connectivity index (χ2n) is 6.85. The van der Waals surface area contributed by atoms with E-state index in [0.717, 1.165) is 42.7 Å². The van der Waals surface area contributed by atoms with Crippen molar-refractivity contribution < 1.29 is 27.0 Å². The molecule has 0 saturated carbocycles. The van der Waals surface area contributed by atoms with Crippen molar-refractivity contribution in [2.24, 2.45) is 0 Å². The zero-order valence-electron chi connectivity index (χ0n) is 16.5. The summed E-state index contributed by atoms with van der Waals surface area (Å²) in [5, 5.41) is 0. The van der Waals surface area contributed by atoms with Crippen LogP contribution in [-0.4, -0.2) is 13.0 Å². The predicted octanol–water partition coefficient (Wildman–Crippen LogP) is 7.63. The summed E-state index contributed by atoms with van der Waals surface area (Å²) in [7, 11) is 0. The first-order valence-electron chi connectivity index (χ1n) is 9.74. The number of hydrogen-bond donors (Lipinski definition) is 0. The molecule has 3 aromatic rings. The Bertz CT molecular complexity index is 948. The Morgan fingerprint density at radius 3 is 1.93 bits per heavy atom. The highest BCUT2D eigenvalue weighted by molar-refractivity contribution is 5.71. The highest BCUT2D eigenvalue weighted by atomic mass is 19.4. The van der Waals surface area contributed by atoms with Gasteiger partial charge in [0.05, 0.1) is 6.61 Å². The van der Waals surface area contributed by atoms with Crippen LogP contribution in [0.15, 0.2) is 66.7 Å². The maximum absolute atomic E-state index is 14.7.